The Bertz CT molecular complexity index is 466. The van der Waals surface area contributed by atoms with Gasteiger partial charge in [0, 0.05) is 6.20 Å². The first-order valence-corrected chi connectivity index (χ1v) is 6.45. The number of hydrogen-bond acceptors (Lipinski definition) is 5. The molecule has 1 aromatic rings. The van der Waals surface area contributed by atoms with Crippen molar-refractivity contribution in [3.63, 3.8) is 0 Å². The van der Waals surface area contributed by atoms with E-state index in [1.54, 1.807) is 13.8 Å². The molecule has 0 aliphatic rings. The number of H-pyrrole nitrogens is 1. The molecule has 0 spiro atoms. The lowest BCUT2D eigenvalue weighted by Crippen LogP contribution is -2.44. The predicted octanol–water partition coefficient (Wildman–Crippen LogP) is -0.114. The first-order chi connectivity index (χ1) is 7.88. The Morgan fingerprint density at radius 3 is 2.59 bits per heavy atom. The second kappa shape index (κ2) is 5.28. The zero-order chi connectivity index (χ0) is 13.1. The summed E-state index contributed by atoms with van der Waals surface area (Å²) in [5.41, 5.74) is 0. The Kier molecular flexibility index (Phi) is 4.24. The largest absolute Gasteiger partial charge is 0.468 e. The van der Waals surface area contributed by atoms with Gasteiger partial charge in [0.2, 0.25) is 10.0 Å². The zero-order valence-corrected chi connectivity index (χ0v) is 10.6. The summed E-state index contributed by atoms with van der Waals surface area (Å²) in [5, 5.41) is 5.94. The molecule has 0 saturated heterocycles. The number of ether oxygens (including phenoxy) is 1. The van der Waals surface area contributed by atoms with E-state index in [1.807, 2.05) is 0 Å². The molecular weight excluding hydrogens is 246 g/mol. The summed E-state index contributed by atoms with van der Waals surface area (Å²) in [5.74, 6) is -0.837. The van der Waals surface area contributed by atoms with Crippen LogP contribution in [0.1, 0.15) is 13.8 Å². The minimum Gasteiger partial charge on any atom is -0.468 e. The van der Waals surface area contributed by atoms with Gasteiger partial charge in [-0.1, -0.05) is 13.8 Å². The number of rotatable bonds is 5. The molecule has 1 unspecified atom stereocenters. The molecular formula is C9H15N3O4S. The molecule has 96 valence electrons. The molecule has 0 saturated carbocycles. The normalized spacial score (nSPS) is 13.6. The number of sulfonamides is 1. The highest BCUT2D eigenvalue weighted by atomic mass is 32.2. The van der Waals surface area contributed by atoms with Crippen LogP contribution in [-0.4, -0.2) is 37.7 Å². The van der Waals surface area contributed by atoms with Gasteiger partial charge in [-0.15, -0.1) is 0 Å². The van der Waals surface area contributed by atoms with Crippen molar-refractivity contribution >= 4 is 16.0 Å². The van der Waals surface area contributed by atoms with Gasteiger partial charge in [-0.3, -0.25) is 9.89 Å². The smallest absolute Gasteiger partial charge is 0.324 e. The summed E-state index contributed by atoms with van der Waals surface area (Å²) in [7, 11) is -2.55. The van der Waals surface area contributed by atoms with Gasteiger partial charge in [0.15, 0.2) is 0 Å². The second-order valence-electron chi connectivity index (χ2n) is 3.80. The number of hydrogen-bond donors (Lipinski definition) is 2. The van der Waals surface area contributed by atoms with E-state index in [1.165, 1.54) is 13.3 Å². The van der Waals surface area contributed by atoms with E-state index in [0.717, 1.165) is 6.20 Å². The quantitative estimate of drug-likeness (QED) is 0.720. The first kappa shape index (κ1) is 13.7. The molecule has 0 amide bonds. The van der Waals surface area contributed by atoms with Crippen LogP contribution in [-0.2, 0) is 19.6 Å². The highest BCUT2D eigenvalue weighted by Crippen LogP contribution is 2.10. The molecule has 1 rings (SSSR count). The van der Waals surface area contributed by atoms with Gasteiger partial charge in [-0.25, -0.2) is 8.42 Å². The van der Waals surface area contributed by atoms with Crippen molar-refractivity contribution in [1.29, 1.82) is 0 Å². The van der Waals surface area contributed by atoms with Gasteiger partial charge in [0.25, 0.3) is 0 Å². The molecule has 7 nitrogen and oxygen atoms in total. The molecule has 0 bridgehead atoms. The monoisotopic (exact) mass is 261 g/mol. The Hall–Kier alpha value is -1.41. The second-order valence-corrected chi connectivity index (χ2v) is 5.51. The Balaban J connectivity index is 2.92. The summed E-state index contributed by atoms with van der Waals surface area (Å²) in [6.45, 7) is 3.44. The summed E-state index contributed by atoms with van der Waals surface area (Å²) >= 11 is 0. The third kappa shape index (κ3) is 3.27. The Morgan fingerprint density at radius 2 is 2.18 bits per heavy atom. The van der Waals surface area contributed by atoms with Crippen LogP contribution in [0.3, 0.4) is 0 Å². The number of nitrogens with one attached hydrogen (secondary N) is 2. The van der Waals surface area contributed by atoms with E-state index >= 15 is 0 Å². The molecule has 0 aliphatic heterocycles. The lowest BCUT2D eigenvalue weighted by Gasteiger charge is -2.19. The molecule has 1 heterocycles. The molecule has 1 aromatic heterocycles. The molecule has 2 N–H and O–H groups in total. The number of methoxy groups -OCH3 is 1. The standard InChI is InChI=1S/C9H15N3O4S/c1-6(2)8(9(13)16-3)12-17(14,15)7-4-10-11-5-7/h4-6,8,12H,1-3H3,(H,10,11). The van der Waals surface area contributed by atoms with Gasteiger partial charge in [0.05, 0.1) is 13.3 Å². The van der Waals surface area contributed by atoms with Gasteiger partial charge in [-0.2, -0.15) is 9.82 Å². The Morgan fingerprint density at radius 1 is 1.53 bits per heavy atom. The van der Waals surface area contributed by atoms with Crippen molar-refractivity contribution in [3.8, 4) is 0 Å². The van der Waals surface area contributed by atoms with Crippen LogP contribution in [0.5, 0.6) is 0 Å². The van der Waals surface area contributed by atoms with Crippen molar-refractivity contribution in [3.05, 3.63) is 12.4 Å². The minimum atomic E-state index is -3.76. The first-order valence-electron chi connectivity index (χ1n) is 4.97. The van der Waals surface area contributed by atoms with Gasteiger partial charge in [-0.05, 0) is 5.92 Å². The molecule has 0 aromatic carbocycles. The summed E-state index contributed by atoms with van der Waals surface area (Å²) in [6, 6.07) is -0.917. The van der Waals surface area contributed by atoms with E-state index in [9.17, 15) is 13.2 Å². The fourth-order valence-corrected chi connectivity index (χ4v) is 2.44. The van der Waals surface area contributed by atoms with Gasteiger partial charge < -0.3 is 4.74 Å². The minimum absolute atomic E-state index is 0.0212. The lowest BCUT2D eigenvalue weighted by molar-refractivity contribution is -0.143. The van der Waals surface area contributed by atoms with Crippen molar-refractivity contribution in [2.75, 3.05) is 7.11 Å². The van der Waals surface area contributed by atoms with Crippen LogP contribution < -0.4 is 4.72 Å². The zero-order valence-electron chi connectivity index (χ0n) is 9.80. The van der Waals surface area contributed by atoms with E-state index in [-0.39, 0.29) is 10.8 Å². The van der Waals surface area contributed by atoms with Crippen LogP contribution in [0.4, 0.5) is 0 Å². The number of esters is 1. The number of carbonyl (C=O) groups is 1. The maximum atomic E-state index is 11.8. The van der Waals surface area contributed by atoms with Gasteiger partial charge in [0.1, 0.15) is 10.9 Å². The number of carbonyl (C=O) groups excluding carboxylic acids is 1. The van der Waals surface area contributed by atoms with E-state index < -0.39 is 22.0 Å². The maximum Gasteiger partial charge on any atom is 0.324 e. The van der Waals surface area contributed by atoms with Crippen LogP contribution in [0.15, 0.2) is 17.3 Å². The molecule has 0 aliphatic carbocycles. The van der Waals surface area contributed by atoms with Crippen molar-refractivity contribution in [2.24, 2.45) is 5.92 Å². The van der Waals surface area contributed by atoms with Crippen LogP contribution in [0.2, 0.25) is 0 Å². The summed E-state index contributed by atoms with van der Waals surface area (Å²) in [4.78, 5) is 11.4. The van der Waals surface area contributed by atoms with Crippen molar-refractivity contribution in [1.82, 2.24) is 14.9 Å². The van der Waals surface area contributed by atoms with Gasteiger partial charge >= 0.3 is 5.97 Å². The number of aromatic nitrogens is 2. The average molecular weight is 261 g/mol. The number of nitrogens with zero attached hydrogens (tertiary/aromatic N) is 1. The Labute approximate surface area is 99.6 Å². The molecule has 0 fully saturated rings. The van der Waals surface area contributed by atoms with Crippen molar-refractivity contribution in [2.45, 2.75) is 24.8 Å². The highest BCUT2D eigenvalue weighted by Gasteiger charge is 2.29. The molecule has 1 atom stereocenters. The fourth-order valence-electron chi connectivity index (χ4n) is 1.20. The van der Waals surface area contributed by atoms with Crippen LogP contribution in [0, 0.1) is 5.92 Å². The summed E-state index contributed by atoms with van der Waals surface area (Å²) < 4.78 is 30.5. The number of aromatic amines is 1. The van der Waals surface area contributed by atoms with Crippen LogP contribution in [0.25, 0.3) is 0 Å². The molecule has 8 heteroatoms. The molecule has 17 heavy (non-hydrogen) atoms. The summed E-state index contributed by atoms with van der Waals surface area (Å²) in [6.07, 6.45) is 2.40. The SMILES string of the molecule is COC(=O)C(NS(=O)(=O)c1cn[nH]c1)C(C)C. The molecule has 0 radical (unpaired) electrons. The fraction of sp³-hybridized carbons (Fsp3) is 0.556. The maximum absolute atomic E-state index is 11.8. The van der Waals surface area contributed by atoms with E-state index in [4.69, 9.17) is 0 Å². The topological polar surface area (TPSA) is 101 Å². The highest BCUT2D eigenvalue weighted by molar-refractivity contribution is 7.89. The van der Waals surface area contributed by atoms with E-state index in [2.05, 4.69) is 19.7 Å². The van der Waals surface area contributed by atoms with Crippen molar-refractivity contribution < 1.29 is 17.9 Å². The lowest BCUT2D eigenvalue weighted by atomic mass is 10.1. The van der Waals surface area contributed by atoms with Crippen LogP contribution >= 0.6 is 0 Å². The van der Waals surface area contributed by atoms with E-state index in [0.29, 0.717) is 0 Å². The third-order valence-electron chi connectivity index (χ3n) is 2.19. The third-order valence-corrected chi connectivity index (χ3v) is 3.60. The predicted molar refractivity (Wildman–Crippen MR) is 59.6 cm³/mol. The average Bonchev–Trinajstić information content (AvgIpc) is 2.78.